The van der Waals surface area contributed by atoms with Crippen LogP contribution in [0.5, 0.6) is 0 Å². The number of rotatable bonds is 8. The first-order valence-corrected chi connectivity index (χ1v) is 12.9. The summed E-state index contributed by atoms with van der Waals surface area (Å²) in [4.78, 5) is 38.8. The van der Waals surface area contributed by atoms with Crippen molar-refractivity contribution in [1.29, 1.82) is 0 Å². The van der Waals surface area contributed by atoms with Gasteiger partial charge in [0.15, 0.2) is 0 Å². The first-order valence-electron chi connectivity index (χ1n) is 12.9. The van der Waals surface area contributed by atoms with Crippen molar-refractivity contribution in [1.82, 2.24) is 20.3 Å². The lowest BCUT2D eigenvalue weighted by Crippen LogP contribution is -2.50. The molecule has 0 bridgehead atoms. The maximum Gasteiger partial charge on any atom is 0.249 e. The largest absolute Gasteiger partial charge is 0.366 e. The Bertz CT molecular complexity index is 1410. The van der Waals surface area contributed by atoms with Crippen LogP contribution in [0.2, 0.25) is 0 Å². The predicted molar refractivity (Wildman–Crippen MR) is 144 cm³/mol. The SMILES string of the molecule is C[C@@](Cc1c[nH]c2ccccc12)(C(=O)NCC1(c2ccccn2)CCCCC1)c1cnccc1C(N)=O. The van der Waals surface area contributed by atoms with Gasteiger partial charge in [-0.05, 0) is 61.6 Å². The molecule has 4 N–H and O–H groups in total. The van der Waals surface area contributed by atoms with Gasteiger partial charge in [-0.25, -0.2) is 0 Å². The molecule has 190 valence electrons. The minimum atomic E-state index is -1.08. The zero-order chi connectivity index (χ0) is 25.9. The lowest BCUT2D eigenvalue weighted by molar-refractivity contribution is -0.126. The molecule has 1 atom stereocenters. The average molecular weight is 496 g/mol. The van der Waals surface area contributed by atoms with Crippen LogP contribution in [0.1, 0.15) is 66.2 Å². The number of nitrogens with one attached hydrogen (secondary N) is 2. The van der Waals surface area contributed by atoms with Crippen molar-refractivity contribution < 1.29 is 9.59 Å². The van der Waals surface area contributed by atoms with Gasteiger partial charge in [0.1, 0.15) is 0 Å². The first kappa shape index (κ1) is 24.7. The number of primary amides is 1. The second kappa shape index (κ2) is 10.2. The molecular weight excluding hydrogens is 462 g/mol. The number of nitrogens with zero attached hydrogens (tertiary/aromatic N) is 2. The molecule has 1 aromatic carbocycles. The monoisotopic (exact) mass is 495 g/mol. The fourth-order valence-electron chi connectivity index (χ4n) is 5.88. The van der Waals surface area contributed by atoms with Gasteiger partial charge in [-0.2, -0.15) is 0 Å². The van der Waals surface area contributed by atoms with Crippen molar-refractivity contribution in [2.45, 2.75) is 56.3 Å². The number of amides is 2. The van der Waals surface area contributed by atoms with E-state index in [1.54, 1.807) is 12.3 Å². The summed E-state index contributed by atoms with van der Waals surface area (Å²) in [6.07, 6.45) is 12.6. The van der Waals surface area contributed by atoms with Crippen LogP contribution in [0.25, 0.3) is 10.9 Å². The van der Waals surface area contributed by atoms with E-state index in [-0.39, 0.29) is 11.3 Å². The second-order valence-corrected chi connectivity index (χ2v) is 10.4. The summed E-state index contributed by atoms with van der Waals surface area (Å²) in [5.74, 6) is -0.734. The smallest absolute Gasteiger partial charge is 0.249 e. The van der Waals surface area contributed by atoms with Crippen molar-refractivity contribution in [3.05, 3.63) is 95.7 Å². The molecule has 1 saturated carbocycles. The number of para-hydroxylation sites is 1. The number of pyridine rings is 2. The van der Waals surface area contributed by atoms with Gasteiger partial charge in [-0.1, -0.05) is 43.5 Å². The van der Waals surface area contributed by atoms with Crippen LogP contribution in [0.15, 0.2) is 73.3 Å². The number of carbonyl (C=O) groups excluding carboxylic acids is 2. The van der Waals surface area contributed by atoms with E-state index in [9.17, 15) is 9.59 Å². The Morgan fingerprint density at radius 3 is 2.59 bits per heavy atom. The number of hydrogen-bond acceptors (Lipinski definition) is 4. The van der Waals surface area contributed by atoms with E-state index in [2.05, 4.69) is 26.3 Å². The molecule has 0 radical (unpaired) electrons. The van der Waals surface area contributed by atoms with Gasteiger partial charge in [-0.15, -0.1) is 0 Å². The van der Waals surface area contributed by atoms with E-state index in [1.807, 2.05) is 55.7 Å². The zero-order valence-corrected chi connectivity index (χ0v) is 21.2. The molecule has 1 fully saturated rings. The molecule has 0 saturated heterocycles. The summed E-state index contributed by atoms with van der Waals surface area (Å²) in [6.45, 7) is 2.36. The van der Waals surface area contributed by atoms with E-state index in [4.69, 9.17) is 5.73 Å². The molecule has 0 aliphatic heterocycles. The lowest BCUT2D eigenvalue weighted by Gasteiger charge is -2.38. The van der Waals surface area contributed by atoms with Crippen LogP contribution in [0.3, 0.4) is 0 Å². The van der Waals surface area contributed by atoms with E-state index in [0.717, 1.165) is 47.8 Å². The second-order valence-electron chi connectivity index (χ2n) is 10.4. The molecule has 1 aliphatic carbocycles. The van der Waals surface area contributed by atoms with Crippen molar-refractivity contribution in [2.75, 3.05) is 6.54 Å². The molecule has 2 amide bonds. The van der Waals surface area contributed by atoms with Crippen LogP contribution in [0, 0.1) is 0 Å². The molecule has 4 aromatic rings. The number of fused-ring (bicyclic) bond motifs is 1. The van der Waals surface area contributed by atoms with E-state index < -0.39 is 11.3 Å². The summed E-state index contributed by atoms with van der Waals surface area (Å²) in [5.41, 5.74) is 8.31. The third-order valence-electron chi connectivity index (χ3n) is 8.01. The molecule has 0 spiro atoms. The minimum Gasteiger partial charge on any atom is -0.366 e. The molecule has 7 nitrogen and oxygen atoms in total. The normalized spacial score (nSPS) is 16.7. The van der Waals surface area contributed by atoms with Gasteiger partial charge < -0.3 is 16.0 Å². The van der Waals surface area contributed by atoms with Crippen LogP contribution in [0.4, 0.5) is 0 Å². The minimum absolute atomic E-state index is 0.158. The molecule has 5 rings (SSSR count). The Hall–Kier alpha value is -4.00. The highest BCUT2D eigenvalue weighted by Crippen LogP contribution is 2.39. The summed E-state index contributed by atoms with van der Waals surface area (Å²) < 4.78 is 0. The molecule has 3 aromatic heterocycles. The third-order valence-corrected chi connectivity index (χ3v) is 8.01. The summed E-state index contributed by atoms with van der Waals surface area (Å²) in [5, 5.41) is 4.33. The van der Waals surface area contributed by atoms with Gasteiger partial charge in [-0.3, -0.25) is 19.6 Å². The van der Waals surface area contributed by atoms with E-state index in [0.29, 0.717) is 24.1 Å². The van der Waals surface area contributed by atoms with Crippen molar-refractivity contribution in [2.24, 2.45) is 5.73 Å². The number of nitrogens with two attached hydrogens (primary N) is 1. The lowest BCUT2D eigenvalue weighted by atomic mass is 9.70. The highest BCUT2D eigenvalue weighted by atomic mass is 16.2. The van der Waals surface area contributed by atoms with Crippen molar-refractivity contribution in [3.63, 3.8) is 0 Å². The Balaban J connectivity index is 1.52. The first-order chi connectivity index (χ1) is 17.9. The van der Waals surface area contributed by atoms with E-state index in [1.165, 1.54) is 12.6 Å². The van der Waals surface area contributed by atoms with Gasteiger partial charge in [0, 0.05) is 58.9 Å². The van der Waals surface area contributed by atoms with Crippen molar-refractivity contribution >= 4 is 22.7 Å². The number of aromatic amines is 1. The number of aromatic nitrogens is 3. The van der Waals surface area contributed by atoms with Crippen molar-refractivity contribution in [3.8, 4) is 0 Å². The standard InChI is InChI=1S/C30H33N5O2/c1-29(24-19-32-16-12-23(24)27(31)36,17-21-18-34-25-10-4-3-9-22(21)25)28(37)35-20-30(13-6-2-7-14-30)26-11-5-8-15-33-26/h3-5,8-12,15-16,18-19,34H,2,6-7,13-14,17,20H2,1H3,(H2,31,36)(H,35,37)/t29-/m0/s1. The summed E-state index contributed by atoms with van der Waals surface area (Å²) in [7, 11) is 0. The van der Waals surface area contributed by atoms with Crippen LogP contribution in [-0.4, -0.2) is 33.3 Å². The molecular formula is C30H33N5O2. The quantitative estimate of drug-likeness (QED) is 0.332. The van der Waals surface area contributed by atoms with Gasteiger partial charge in [0.2, 0.25) is 11.8 Å². The van der Waals surface area contributed by atoms with Crippen LogP contribution >= 0.6 is 0 Å². The Morgan fingerprint density at radius 1 is 1.05 bits per heavy atom. The van der Waals surface area contributed by atoms with Gasteiger partial charge in [0.05, 0.1) is 5.41 Å². The highest BCUT2D eigenvalue weighted by molar-refractivity contribution is 5.98. The molecule has 1 aliphatic rings. The third kappa shape index (κ3) is 4.73. The average Bonchev–Trinajstić information content (AvgIpc) is 3.35. The number of benzene rings is 1. The zero-order valence-electron chi connectivity index (χ0n) is 21.2. The van der Waals surface area contributed by atoms with Gasteiger partial charge >= 0.3 is 0 Å². The molecule has 7 heteroatoms. The van der Waals surface area contributed by atoms with Gasteiger partial charge in [0.25, 0.3) is 0 Å². The maximum atomic E-state index is 14.2. The van der Waals surface area contributed by atoms with Crippen LogP contribution < -0.4 is 11.1 Å². The fourth-order valence-corrected chi connectivity index (χ4v) is 5.88. The van der Waals surface area contributed by atoms with E-state index >= 15 is 0 Å². The van der Waals surface area contributed by atoms with Crippen LogP contribution in [-0.2, 0) is 22.0 Å². The number of carbonyl (C=O) groups is 2. The Morgan fingerprint density at radius 2 is 1.84 bits per heavy atom. The fraction of sp³-hybridized carbons (Fsp3) is 0.333. The predicted octanol–water partition coefficient (Wildman–Crippen LogP) is 4.58. The molecule has 37 heavy (non-hydrogen) atoms. The Kier molecular flexibility index (Phi) is 6.78. The topological polar surface area (TPSA) is 114 Å². The molecule has 0 unspecified atom stereocenters. The summed E-state index contributed by atoms with van der Waals surface area (Å²) in [6, 6.07) is 15.6. The molecule has 3 heterocycles. The number of hydrogen-bond donors (Lipinski definition) is 3. The number of H-pyrrole nitrogens is 1. The highest BCUT2D eigenvalue weighted by Gasteiger charge is 2.41. The summed E-state index contributed by atoms with van der Waals surface area (Å²) >= 11 is 0. The Labute approximate surface area is 216 Å². The maximum absolute atomic E-state index is 14.2.